The Morgan fingerprint density at radius 1 is 1.08 bits per heavy atom. The van der Waals surface area contributed by atoms with Crippen LogP contribution in [0.3, 0.4) is 0 Å². The van der Waals surface area contributed by atoms with E-state index in [-0.39, 0.29) is 6.10 Å². The molecule has 0 N–H and O–H groups in total. The summed E-state index contributed by atoms with van der Waals surface area (Å²) in [4.78, 5) is 11.4. The number of esters is 1. The van der Waals surface area contributed by atoms with Crippen molar-refractivity contribution >= 4 is 5.97 Å². The van der Waals surface area contributed by atoms with E-state index in [2.05, 4.69) is 0 Å². The van der Waals surface area contributed by atoms with Crippen LogP contribution in [0.15, 0.2) is 30.3 Å². The van der Waals surface area contributed by atoms with Crippen LogP contribution in [0, 0.1) is 0 Å². The van der Waals surface area contributed by atoms with Crippen LogP contribution in [-0.2, 0) is 33.2 Å². The van der Waals surface area contributed by atoms with E-state index in [1.165, 1.54) is 14.0 Å². The molecule has 2 fully saturated rings. The number of methoxy groups -OCH3 is 2. The Morgan fingerprint density at radius 2 is 1.83 bits per heavy atom. The molecule has 6 atom stereocenters. The molecule has 0 radical (unpaired) electrons. The van der Waals surface area contributed by atoms with Crippen LogP contribution >= 0.6 is 0 Å². The summed E-state index contributed by atoms with van der Waals surface area (Å²) in [7, 11) is 3.04. The molecule has 7 nitrogen and oxygen atoms in total. The molecule has 2 heterocycles. The fourth-order valence-corrected chi connectivity index (χ4v) is 3.10. The molecule has 1 unspecified atom stereocenters. The molecule has 2 saturated heterocycles. The molecule has 1 aromatic carbocycles. The third-order valence-electron chi connectivity index (χ3n) is 4.16. The first-order chi connectivity index (χ1) is 11.6. The maximum absolute atomic E-state index is 11.4. The number of hydrogen-bond acceptors (Lipinski definition) is 7. The van der Waals surface area contributed by atoms with E-state index >= 15 is 0 Å². The normalized spacial score (nSPS) is 36.0. The Bertz CT molecular complexity index is 549. The van der Waals surface area contributed by atoms with Gasteiger partial charge in [0.25, 0.3) is 0 Å². The molecular formula is C17H22O7. The number of carbonyl (C=O) groups excluding carboxylic acids is 1. The lowest BCUT2D eigenvalue weighted by Crippen LogP contribution is -2.63. The molecule has 1 aromatic rings. The van der Waals surface area contributed by atoms with Gasteiger partial charge in [-0.1, -0.05) is 30.3 Å². The highest BCUT2D eigenvalue weighted by Gasteiger charge is 2.52. The molecule has 0 saturated carbocycles. The van der Waals surface area contributed by atoms with Gasteiger partial charge in [-0.2, -0.15) is 0 Å². The lowest BCUT2D eigenvalue weighted by atomic mass is 9.97. The van der Waals surface area contributed by atoms with Gasteiger partial charge in [0, 0.05) is 26.7 Å². The Hall–Kier alpha value is -1.51. The van der Waals surface area contributed by atoms with Crippen molar-refractivity contribution in [2.24, 2.45) is 0 Å². The summed E-state index contributed by atoms with van der Waals surface area (Å²) in [6, 6.07) is 9.62. The van der Waals surface area contributed by atoms with Gasteiger partial charge in [-0.3, -0.25) is 4.79 Å². The van der Waals surface area contributed by atoms with Crippen LogP contribution in [0.5, 0.6) is 0 Å². The standard InChI is InChI=1S/C17H22O7/c1-10(18)22-15-14(19-2)13-12(23-17(15)20-3)9-21-16(24-13)11-7-5-4-6-8-11/h4-8,12-17H,9H2,1-3H3/t12-,13-,14+,15-,16?,17+/m1/s1. The first-order valence-electron chi connectivity index (χ1n) is 7.84. The zero-order chi connectivity index (χ0) is 17.1. The fraction of sp³-hybridized carbons (Fsp3) is 0.588. The molecule has 0 bridgehead atoms. The van der Waals surface area contributed by atoms with E-state index < -0.39 is 36.9 Å². The molecule has 0 aliphatic carbocycles. The summed E-state index contributed by atoms with van der Waals surface area (Å²) >= 11 is 0. The lowest BCUT2D eigenvalue weighted by Gasteiger charge is -2.47. The number of ether oxygens (including phenoxy) is 6. The average molecular weight is 338 g/mol. The number of hydrogen-bond donors (Lipinski definition) is 0. The van der Waals surface area contributed by atoms with E-state index in [1.54, 1.807) is 7.11 Å². The van der Waals surface area contributed by atoms with Gasteiger partial charge in [-0.25, -0.2) is 0 Å². The predicted octanol–water partition coefficient (Wildman–Crippen LogP) is 1.42. The summed E-state index contributed by atoms with van der Waals surface area (Å²) in [5.74, 6) is -0.433. The molecule has 24 heavy (non-hydrogen) atoms. The van der Waals surface area contributed by atoms with Crippen molar-refractivity contribution in [1.82, 2.24) is 0 Å². The van der Waals surface area contributed by atoms with E-state index in [4.69, 9.17) is 28.4 Å². The highest BCUT2D eigenvalue weighted by atomic mass is 16.8. The number of carbonyl (C=O) groups is 1. The molecule has 0 spiro atoms. The van der Waals surface area contributed by atoms with Crippen LogP contribution in [0.25, 0.3) is 0 Å². The minimum absolute atomic E-state index is 0.330. The second kappa shape index (κ2) is 7.58. The van der Waals surface area contributed by atoms with Gasteiger partial charge in [0.2, 0.25) is 0 Å². The van der Waals surface area contributed by atoms with Gasteiger partial charge in [-0.15, -0.1) is 0 Å². The summed E-state index contributed by atoms with van der Waals surface area (Å²) in [6.07, 6.45) is -3.30. The van der Waals surface area contributed by atoms with Gasteiger partial charge >= 0.3 is 5.97 Å². The Morgan fingerprint density at radius 3 is 2.46 bits per heavy atom. The first kappa shape index (κ1) is 17.3. The second-order valence-corrected chi connectivity index (χ2v) is 5.73. The fourth-order valence-electron chi connectivity index (χ4n) is 3.10. The summed E-state index contributed by atoms with van der Waals surface area (Å²) in [5.41, 5.74) is 0.906. The van der Waals surface area contributed by atoms with Gasteiger partial charge < -0.3 is 28.4 Å². The molecule has 2 aliphatic heterocycles. The predicted molar refractivity (Wildman–Crippen MR) is 82.0 cm³/mol. The van der Waals surface area contributed by atoms with E-state index in [0.717, 1.165) is 5.56 Å². The van der Waals surface area contributed by atoms with Crippen molar-refractivity contribution in [2.45, 2.75) is 43.9 Å². The smallest absolute Gasteiger partial charge is 0.303 e. The van der Waals surface area contributed by atoms with Crippen LogP contribution in [0.4, 0.5) is 0 Å². The molecule has 0 aromatic heterocycles. The summed E-state index contributed by atoms with van der Waals surface area (Å²) < 4.78 is 33.9. The van der Waals surface area contributed by atoms with Crippen molar-refractivity contribution in [2.75, 3.05) is 20.8 Å². The number of benzene rings is 1. The van der Waals surface area contributed by atoms with Gasteiger partial charge in [0.15, 0.2) is 18.7 Å². The summed E-state index contributed by atoms with van der Waals surface area (Å²) in [6.45, 7) is 1.67. The van der Waals surface area contributed by atoms with E-state index in [0.29, 0.717) is 6.61 Å². The van der Waals surface area contributed by atoms with Crippen LogP contribution in [0.2, 0.25) is 0 Å². The zero-order valence-corrected chi connectivity index (χ0v) is 13.9. The molecule has 132 valence electrons. The summed E-state index contributed by atoms with van der Waals surface area (Å²) in [5, 5.41) is 0. The Kier molecular flexibility index (Phi) is 5.47. The molecule has 2 aliphatic rings. The topological polar surface area (TPSA) is 72.5 Å². The Balaban J connectivity index is 1.80. The van der Waals surface area contributed by atoms with Gasteiger partial charge in [0.05, 0.1) is 6.61 Å². The SMILES string of the molecule is CO[C@H]1O[C@@H]2COC(c3ccccc3)O[C@H]2[C@H](OC)[C@H]1OC(C)=O. The number of rotatable bonds is 4. The second-order valence-electron chi connectivity index (χ2n) is 5.73. The largest absolute Gasteiger partial charge is 0.454 e. The highest BCUT2D eigenvalue weighted by Crippen LogP contribution is 2.36. The number of fused-ring (bicyclic) bond motifs is 1. The first-order valence-corrected chi connectivity index (χ1v) is 7.84. The molecule has 7 heteroatoms. The maximum Gasteiger partial charge on any atom is 0.303 e. The highest BCUT2D eigenvalue weighted by molar-refractivity contribution is 5.66. The molecular weight excluding hydrogens is 316 g/mol. The molecule has 3 rings (SSSR count). The zero-order valence-electron chi connectivity index (χ0n) is 13.9. The van der Waals surface area contributed by atoms with Crippen molar-refractivity contribution in [3.05, 3.63) is 35.9 Å². The van der Waals surface area contributed by atoms with Crippen LogP contribution in [0.1, 0.15) is 18.8 Å². The average Bonchev–Trinajstić information content (AvgIpc) is 2.61. The van der Waals surface area contributed by atoms with E-state index in [9.17, 15) is 4.79 Å². The minimum atomic E-state index is -0.736. The molecule has 0 amide bonds. The van der Waals surface area contributed by atoms with Crippen molar-refractivity contribution in [1.29, 1.82) is 0 Å². The quantitative estimate of drug-likeness (QED) is 0.769. The van der Waals surface area contributed by atoms with Crippen molar-refractivity contribution < 1.29 is 33.2 Å². The van der Waals surface area contributed by atoms with Gasteiger partial charge in [0.1, 0.15) is 18.3 Å². The monoisotopic (exact) mass is 338 g/mol. The van der Waals surface area contributed by atoms with Crippen LogP contribution in [-0.4, -0.2) is 57.5 Å². The lowest BCUT2D eigenvalue weighted by molar-refractivity contribution is -0.361. The third kappa shape index (κ3) is 3.45. The van der Waals surface area contributed by atoms with Gasteiger partial charge in [-0.05, 0) is 0 Å². The van der Waals surface area contributed by atoms with E-state index in [1.807, 2.05) is 30.3 Å². The Labute approximate surface area is 140 Å². The minimum Gasteiger partial charge on any atom is -0.454 e. The maximum atomic E-state index is 11.4. The van der Waals surface area contributed by atoms with Crippen molar-refractivity contribution in [3.63, 3.8) is 0 Å². The van der Waals surface area contributed by atoms with Crippen molar-refractivity contribution in [3.8, 4) is 0 Å². The van der Waals surface area contributed by atoms with Crippen LogP contribution < -0.4 is 0 Å². The third-order valence-corrected chi connectivity index (χ3v) is 4.16.